The number of piperazine rings is 1. The summed E-state index contributed by atoms with van der Waals surface area (Å²) in [4.78, 5) is 18.8. The molecular weight excluding hydrogens is 386 g/mol. The summed E-state index contributed by atoms with van der Waals surface area (Å²) in [6.07, 6.45) is 2.98. The number of hydrogen-bond acceptors (Lipinski definition) is 5. The van der Waals surface area contributed by atoms with Crippen LogP contribution in [-0.2, 0) is 9.53 Å². The molecule has 2 aromatic rings. The zero-order valence-corrected chi connectivity index (χ0v) is 17.4. The third-order valence-electron chi connectivity index (χ3n) is 5.59. The molecule has 0 aromatic heterocycles. The molecule has 2 aliphatic rings. The van der Waals surface area contributed by atoms with Crippen LogP contribution in [0.4, 0.5) is 11.4 Å². The smallest absolute Gasteiger partial charge is 0.150 e. The highest BCUT2D eigenvalue weighted by Gasteiger charge is 2.28. The number of carbonyl (C=O) groups is 1. The molecule has 0 saturated carbocycles. The molecule has 0 radical (unpaired) electrons. The lowest BCUT2D eigenvalue weighted by Gasteiger charge is -2.37. The van der Waals surface area contributed by atoms with Gasteiger partial charge in [0.2, 0.25) is 0 Å². The van der Waals surface area contributed by atoms with Gasteiger partial charge in [-0.1, -0.05) is 29.8 Å². The maximum absolute atomic E-state index is 12.0. The first-order valence-corrected chi connectivity index (χ1v) is 10.4. The van der Waals surface area contributed by atoms with E-state index in [1.165, 1.54) is 5.69 Å². The van der Waals surface area contributed by atoms with Crippen LogP contribution in [0.2, 0.25) is 5.02 Å². The van der Waals surface area contributed by atoms with Crippen LogP contribution in [0.25, 0.3) is 6.08 Å². The van der Waals surface area contributed by atoms with Crippen LogP contribution in [0, 0.1) is 0 Å². The molecule has 2 aliphatic heterocycles. The molecule has 2 fully saturated rings. The molecule has 2 aromatic carbocycles. The predicted octanol–water partition coefficient (Wildman–Crippen LogP) is 3.54. The molecule has 6 heteroatoms. The van der Waals surface area contributed by atoms with Crippen molar-refractivity contribution in [2.75, 3.05) is 56.2 Å². The van der Waals surface area contributed by atoms with Crippen molar-refractivity contribution in [3.8, 4) is 0 Å². The Hall–Kier alpha value is -2.50. The third kappa shape index (κ3) is 4.41. The highest BCUT2D eigenvalue weighted by Crippen LogP contribution is 2.29. The fourth-order valence-corrected chi connectivity index (χ4v) is 4.05. The van der Waals surface area contributed by atoms with Gasteiger partial charge in [0.25, 0.3) is 0 Å². The molecule has 152 valence electrons. The van der Waals surface area contributed by atoms with Crippen LogP contribution in [0.15, 0.2) is 54.3 Å². The van der Waals surface area contributed by atoms with Crippen molar-refractivity contribution in [2.24, 2.45) is 0 Å². The summed E-state index contributed by atoms with van der Waals surface area (Å²) in [5, 5.41) is 0.682. The van der Waals surface area contributed by atoms with E-state index < -0.39 is 6.04 Å². The summed E-state index contributed by atoms with van der Waals surface area (Å²) in [5.74, 6) is 0.683. The molecule has 0 aliphatic carbocycles. The number of rotatable bonds is 4. The lowest BCUT2D eigenvalue weighted by molar-refractivity contribution is -0.109. The van der Waals surface area contributed by atoms with E-state index in [-0.39, 0.29) is 0 Å². The fraction of sp³-hybridized carbons (Fsp3) is 0.348. The quantitative estimate of drug-likeness (QED) is 0.719. The highest BCUT2D eigenvalue weighted by molar-refractivity contribution is 6.30. The molecule has 5 nitrogen and oxygen atoms in total. The minimum absolute atomic E-state index is 0.453. The molecule has 29 heavy (non-hydrogen) atoms. The summed E-state index contributed by atoms with van der Waals surface area (Å²) in [5.41, 5.74) is 3.23. The Kier molecular flexibility index (Phi) is 6.07. The topological polar surface area (TPSA) is 36.0 Å². The number of para-hydroxylation sites is 1. The standard InChI is InChI=1S/C23H26ClN3O2/c1-25-10-12-26(13-11-25)21-5-3-2-4-18(21)16-23-22(17-28)27(14-15-29-23)20-8-6-19(24)7-9-20/h2-9,16-17,22H,10-15H2,1H3. The molecule has 2 saturated heterocycles. The molecule has 0 bridgehead atoms. The summed E-state index contributed by atoms with van der Waals surface area (Å²) >= 11 is 6.03. The Morgan fingerprint density at radius 3 is 2.45 bits per heavy atom. The van der Waals surface area contributed by atoms with Gasteiger partial charge < -0.3 is 24.2 Å². The number of benzene rings is 2. The van der Waals surface area contributed by atoms with Crippen molar-refractivity contribution in [3.05, 3.63) is 64.9 Å². The maximum atomic E-state index is 12.0. The molecule has 4 rings (SSSR count). The van der Waals surface area contributed by atoms with E-state index in [1.54, 1.807) is 0 Å². The van der Waals surface area contributed by atoms with Gasteiger partial charge in [-0.15, -0.1) is 0 Å². The van der Waals surface area contributed by atoms with Gasteiger partial charge in [-0.25, -0.2) is 0 Å². The van der Waals surface area contributed by atoms with Crippen LogP contribution in [0.3, 0.4) is 0 Å². The van der Waals surface area contributed by atoms with Crippen LogP contribution >= 0.6 is 11.6 Å². The van der Waals surface area contributed by atoms with Crippen molar-refractivity contribution in [3.63, 3.8) is 0 Å². The van der Waals surface area contributed by atoms with Gasteiger partial charge in [-0.05, 0) is 43.5 Å². The zero-order chi connectivity index (χ0) is 20.2. The van der Waals surface area contributed by atoms with Crippen molar-refractivity contribution < 1.29 is 9.53 Å². The summed E-state index contributed by atoms with van der Waals surface area (Å²) < 4.78 is 5.96. The van der Waals surface area contributed by atoms with Crippen molar-refractivity contribution >= 4 is 35.3 Å². The average Bonchev–Trinajstić information content (AvgIpc) is 2.75. The molecule has 2 heterocycles. The second-order valence-corrected chi connectivity index (χ2v) is 7.93. The van der Waals surface area contributed by atoms with E-state index in [1.807, 2.05) is 36.4 Å². The largest absolute Gasteiger partial charge is 0.493 e. The predicted molar refractivity (Wildman–Crippen MR) is 119 cm³/mol. The molecule has 0 N–H and O–H groups in total. The van der Waals surface area contributed by atoms with E-state index in [0.29, 0.717) is 23.9 Å². The van der Waals surface area contributed by atoms with E-state index in [0.717, 1.165) is 43.7 Å². The number of halogens is 1. The van der Waals surface area contributed by atoms with Crippen molar-refractivity contribution in [2.45, 2.75) is 6.04 Å². The number of carbonyl (C=O) groups excluding carboxylic acids is 1. The first-order chi connectivity index (χ1) is 14.2. The van der Waals surface area contributed by atoms with E-state index in [9.17, 15) is 4.79 Å². The monoisotopic (exact) mass is 411 g/mol. The van der Waals surface area contributed by atoms with Crippen LogP contribution in [-0.4, -0.2) is 63.6 Å². The summed E-state index contributed by atoms with van der Waals surface area (Å²) in [7, 11) is 2.15. The number of anilines is 2. The minimum atomic E-state index is -0.453. The Morgan fingerprint density at radius 2 is 1.72 bits per heavy atom. The van der Waals surface area contributed by atoms with Gasteiger partial charge in [0.1, 0.15) is 24.7 Å². The van der Waals surface area contributed by atoms with Crippen LogP contribution in [0.5, 0.6) is 0 Å². The van der Waals surface area contributed by atoms with Gasteiger partial charge in [0, 0.05) is 48.1 Å². The van der Waals surface area contributed by atoms with Crippen LogP contribution < -0.4 is 9.80 Å². The molecule has 0 spiro atoms. The number of morpholine rings is 1. The zero-order valence-electron chi connectivity index (χ0n) is 16.6. The van der Waals surface area contributed by atoms with Gasteiger partial charge in [0.05, 0.1) is 6.54 Å². The number of hydrogen-bond donors (Lipinski definition) is 0. The Balaban J connectivity index is 1.63. The second kappa shape index (κ2) is 8.89. The first kappa shape index (κ1) is 19.8. The molecule has 1 atom stereocenters. The van der Waals surface area contributed by atoms with Gasteiger partial charge >= 0.3 is 0 Å². The van der Waals surface area contributed by atoms with Gasteiger partial charge in [0.15, 0.2) is 0 Å². The summed E-state index contributed by atoms with van der Waals surface area (Å²) in [6.45, 7) is 5.26. The Morgan fingerprint density at radius 1 is 1.00 bits per heavy atom. The Labute approximate surface area is 177 Å². The van der Waals surface area contributed by atoms with E-state index in [4.69, 9.17) is 16.3 Å². The SMILES string of the molecule is CN1CCN(c2ccccc2C=C2OCCN(c3ccc(Cl)cc3)C2C=O)CC1. The van der Waals surface area contributed by atoms with Crippen LogP contribution in [0.1, 0.15) is 5.56 Å². The molecular formula is C23H26ClN3O2. The van der Waals surface area contributed by atoms with E-state index >= 15 is 0 Å². The lowest BCUT2D eigenvalue weighted by Crippen LogP contribution is -2.45. The maximum Gasteiger partial charge on any atom is 0.150 e. The second-order valence-electron chi connectivity index (χ2n) is 7.50. The average molecular weight is 412 g/mol. The normalized spacial score (nSPS) is 21.9. The lowest BCUT2D eigenvalue weighted by atomic mass is 10.1. The highest BCUT2D eigenvalue weighted by atomic mass is 35.5. The molecule has 0 amide bonds. The van der Waals surface area contributed by atoms with Gasteiger partial charge in [-0.2, -0.15) is 0 Å². The van der Waals surface area contributed by atoms with Crippen molar-refractivity contribution in [1.82, 2.24) is 4.90 Å². The van der Waals surface area contributed by atoms with Gasteiger partial charge in [-0.3, -0.25) is 0 Å². The molecule has 1 unspecified atom stereocenters. The van der Waals surface area contributed by atoms with Crippen molar-refractivity contribution in [1.29, 1.82) is 0 Å². The number of aldehydes is 1. The number of ether oxygens (including phenoxy) is 1. The number of nitrogens with zero attached hydrogens (tertiary/aromatic N) is 3. The summed E-state index contributed by atoms with van der Waals surface area (Å²) in [6, 6.07) is 15.5. The fourth-order valence-electron chi connectivity index (χ4n) is 3.93. The minimum Gasteiger partial charge on any atom is -0.493 e. The third-order valence-corrected chi connectivity index (χ3v) is 5.85. The van der Waals surface area contributed by atoms with E-state index in [2.05, 4.69) is 39.9 Å². The number of likely N-dealkylation sites (N-methyl/N-ethyl adjacent to an activating group) is 1. The Bertz CT molecular complexity index is 876. The first-order valence-electron chi connectivity index (χ1n) is 10.00.